The summed E-state index contributed by atoms with van der Waals surface area (Å²) in [6.07, 6.45) is 6.93. The minimum absolute atomic E-state index is 0.806. The lowest BCUT2D eigenvalue weighted by Crippen LogP contribution is -2.35. The van der Waals surface area contributed by atoms with Gasteiger partial charge in [0.2, 0.25) is 0 Å². The van der Waals surface area contributed by atoms with Crippen molar-refractivity contribution in [3.05, 3.63) is 0 Å². The van der Waals surface area contributed by atoms with Gasteiger partial charge in [-0.25, -0.2) is 0 Å². The van der Waals surface area contributed by atoms with Crippen LogP contribution in [0.2, 0.25) is 0 Å². The molecule has 1 aliphatic rings. The van der Waals surface area contributed by atoms with Crippen LogP contribution in [0.5, 0.6) is 0 Å². The van der Waals surface area contributed by atoms with Crippen LogP contribution in [-0.4, -0.2) is 38.1 Å². The fourth-order valence-corrected chi connectivity index (χ4v) is 2.32. The average Bonchev–Trinajstić information content (AvgIpc) is 2.12. The summed E-state index contributed by atoms with van der Waals surface area (Å²) in [5, 5.41) is 3.68. The van der Waals surface area contributed by atoms with Crippen molar-refractivity contribution < 1.29 is 0 Å². The molecule has 0 radical (unpaired) electrons. The maximum atomic E-state index is 3.68. The largest absolute Gasteiger partial charge is 0.314 e. The van der Waals surface area contributed by atoms with E-state index >= 15 is 0 Å². The number of nitrogens with zero attached hydrogens (tertiary/aromatic N) is 1. The highest BCUT2D eigenvalue weighted by Crippen LogP contribution is 2.23. The lowest BCUT2D eigenvalue weighted by molar-refractivity contribution is 0.295. The predicted octanol–water partition coefficient (Wildman–Crippen LogP) is 2.11. The van der Waals surface area contributed by atoms with Crippen LogP contribution in [0.3, 0.4) is 0 Å². The molecule has 1 saturated carbocycles. The fourth-order valence-electron chi connectivity index (χ4n) is 2.32. The Kier molecular flexibility index (Phi) is 5.49. The Morgan fingerprint density at radius 1 is 1.29 bits per heavy atom. The highest BCUT2D eigenvalue weighted by molar-refractivity contribution is 4.75. The highest BCUT2D eigenvalue weighted by Gasteiger charge is 2.17. The Balaban J connectivity index is 2.00. The first-order chi connectivity index (χ1) is 6.68. The Labute approximate surface area is 89.1 Å². The third kappa shape index (κ3) is 4.97. The van der Waals surface area contributed by atoms with Gasteiger partial charge in [-0.1, -0.05) is 19.8 Å². The summed E-state index contributed by atoms with van der Waals surface area (Å²) in [4.78, 5) is 2.26. The molecule has 1 N–H and O–H groups in total. The van der Waals surface area contributed by atoms with Gasteiger partial charge in [-0.2, -0.15) is 0 Å². The van der Waals surface area contributed by atoms with Gasteiger partial charge >= 0.3 is 0 Å². The lowest BCUT2D eigenvalue weighted by atomic mass is 9.87. The van der Waals surface area contributed by atoms with E-state index in [1.54, 1.807) is 0 Å². The van der Waals surface area contributed by atoms with Gasteiger partial charge < -0.3 is 10.2 Å². The van der Waals surface area contributed by atoms with E-state index in [-0.39, 0.29) is 0 Å². The first-order valence-electron chi connectivity index (χ1n) is 6.06. The molecule has 0 amide bonds. The molecule has 0 aliphatic heterocycles. The van der Waals surface area contributed by atoms with E-state index in [9.17, 15) is 0 Å². The molecule has 14 heavy (non-hydrogen) atoms. The van der Waals surface area contributed by atoms with Crippen LogP contribution < -0.4 is 5.32 Å². The molecule has 0 unspecified atom stereocenters. The molecule has 0 aromatic carbocycles. The quantitative estimate of drug-likeness (QED) is 0.681. The number of nitrogens with one attached hydrogen (secondary N) is 1. The maximum absolute atomic E-state index is 3.68. The summed E-state index contributed by atoms with van der Waals surface area (Å²) < 4.78 is 0. The van der Waals surface area contributed by atoms with Gasteiger partial charge in [-0.05, 0) is 52.4 Å². The SMILES string of the molecule is C[C@@H]1CCC[C@@H](NCCCN(C)C)C1. The Morgan fingerprint density at radius 3 is 2.71 bits per heavy atom. The van der Waals surface area contributed by atoms with Crippen LogP contribution in [0.4, 0.5) is 0 Å². The van der Waals surface area contributed by atoms with Gasteiger partial charge in [0.15, 0.2) is 0 Å². The molecule has 1 fully saturated rings. The molecular weight excluding hydrogens is 172 g/mol. The fraction of sp³-hybridized carbons (Fsp3) is 1.00. The molecule has 0 aromatic heterocycles. The second kappa shape index (κ2) is 6.41. The standard InChI is InChI=1S/C12H26N2/c1-11-6-4-7-12(10-11)13-8-5-9-14(2)3/h11-13H,4-10H2,1-3H3/t11-,12-/m1/s1. The average molecular weight is 198 g/mol. The Bertz CT molecular complexity index is 145. The summed E-state index contributed by atoms with van der Waals surface area (Å²) in [5.41, 5.74) is 0. The van der Waals surface area contributed by atoms with Crippen molar-refractivity contribution in [3.63, 3.8) is 0 Å². The van der Waals surface area contributed by atoms with E-state index in [2.05, 4.69) is 31.2 Å². The van der Waals surface area contributed by atoms with Crippen LogP contribution >= 0.6 is 0 Å². The van der Waals surface area contributed by atoms with Crippen molar-refractivity contribution in [2.45, 2.75) is 45.1 Å². The normalized spacial score (nSPS) is 28.3. The van der Waals surface area contributed by atoms with Gasteiger partial charge in [0.05, 0.1) is 0 Å². The molecule has 2 heteroatoms. The van der Waals surface area contributed by atoms with Crippen molar-refractivity contribution in [2.75, 3.05) is 27.2 Å². The van der Waals surface area contributed by atoms with E-state index in [0.717, 1.165) is 12.0 Å². The monoisotopic (exact) mass is 198 g/mol. The van der Waals surface area contributed by atoms with E-state index in [1.165, 1.54) is 45.2 Å². The van der Waals surface area contributed by atoms with Crippen LogP contribution in [0.15, 0.2) is 0 Å². The zero-order valence-electron chi connectivity index (χ0n) is 10.1. The summed E-state index contributed by atoms with van der Waals surface area (Å²) in [6.45, 7) is 4.78. The molecule has 0 bridgehead atoms. The predicted molar refractivity (Wildman–Crippen MR) is 62.6 cm³/mol. The zero-order chi connectivity index (χ0) is 10.4. The van der Waals surface area contributed by atoms with Gasteiger partial charge in [-0.3, -0.25) is 0 Å². The first-order valence-corrected chi connectivity index (χ1v) is 6.06. The minimum atomic E-state index is 0.806. The van der Waals surface area contributed by atoms with Gasteiger partial charge in [0.25, 0.3) is 0 Å². The first kappa shape index (κ1) is 12.0. The molecule has 0 spiro atoms. The Morgan fingerprint density at radius 2 is 2.07 bits per heavy atom. The summed E-state index contributed by atoms with van der Waals surface area (Å²) in [6, 6.07) is 0.806. The smallest absolute Gasteiger partial charge is 0.00696 e. The van der Waals surface area contributed by atoms with Crippen LogP contribution in [-0.2, 0) is 0 Å². The molecule has 0 aromatic rings. The van der Waals surface area contributed by atoms with E-state index in [1.807, 2.05) is 0 Å². The maximum Gasteiger partial charge on any atom is 0.00696 e. The molecule has 0 heterocycles. The van der Waals surface area contributed by atoms with Crippen LogP contribution in [0.25, 0.3) is 0 Å². The second-order valence-electron chi connectivity index (χ2n) is 5.08. The van der Waals surface area contributed by atoms with Gasteiger partial charge in [-0.15, -0.1) is 0 Å². The second-order valence-corrected chi connectivity index (χ2v) is 5.08. The molecule has 1 aliphatic carbocycles. The summed E-state index contributed by atoms with van der Waals surface area (Å²) in [5.74, 6) is 0.940. The molecule has 2 nitrogen and oxygen atoms in total. The third-order valence-corrected chi connectivity index (χ3v) is 3.15. The number of hydrogen-bond donors (Lipinski definition) is 1. The summed E-state index contributed by atoms with van der Waals surface area (Å²) in [7, 11) is 4.28. The molecule has 2 atom stereocenters. The molecular formula is C12H26N2. The molecule has 0 saturated heterocycles. The molecule has 84 valence electrons. The number of rotatable bonds is 5. The van der Waals surface area contributed by atoms with Gasteiger partial charge in [0.1, 0.15) is 0 Å². The van der Waals surface area contributed by atoms with Crippen molar-refractivity contribution in [3.8, 4) is 0 Å². The van der Waals surface area contributed by atoms with Crippen LogP contribution in [0.1, 0.15) is 39.0 Å². The van der Waals surface area contributed by atoms with Crippen molar-refractivity contribution in [1.29, 1.82) is 0 Å². The topological polar surface area (TPSA) is 15.3 Å². The highest BCUT2D eigenvalue weighted by atomic mass is 15.1. The van der Waals surface area contributed by atoms with E-state index in [4.69, 9.17) is 0 Å². The summed E-state index contributed by atoms with van der Waals surface area (Å²) >= 11 is 0. The molecule has 1 rings (SSSR count). The van der Waals surface area contributed by atoms with E-state index < -0.39 is 0 Å². The Hall–Kier alpha value is -0.0800. The third-order valence-electron chi connectivity index (χ3n) is 3.15. The van der Waals surface area contributed by atoms with Crippen molar-refractivity contribution in [1.82, 2.24) is 10.2 Å². The lowest BCUT2D eigenvalue weighted by Gasteiger charge is -2.27. The van der Waals surface area contributed by atoms with Crippen LogP contribution in [0, 0.1) is 5.92 Å². The van der Waals surface area contributed by atoms with Crippen molar-refractivity contribution in [2.24, 2.45) is 5.92 Å². The minimum Gasteiger partial charge on any atom is -0.314 e. The van der Waals surface area contributed by atoms with E-state index in [0.29, 0.717) is 0 Å². The number of hydrogen-bond acceptors (Lipinski definition) is 2. The van der Waals surface area contributed by atoms with Crippen molar-refractivity contribution >= 4 is 0 Å². The zero-order valence-corrected chi connectivity index (χ0v) is 10.1. The van der Waals surface area contributed by atoms with Gasteiger partial charge in [0, 0.05) is 6.04 Å².